The minimum absolute atomic E-state index is 0.463. The van der Waals surface area contributed by atoms with E-state index in [1.54, 1.807) is 6.20 Å². The molecule has 2 heterocycles. The summed E-state index contributed by atoms with van der Waals surface area (Å²) in [6.07, 6.45) is 1.76. The van der Waals surface area contributed by atoms with E-state index in [2.05, 4.69) is 10.3 Å². The third-order valence-electron chi connectivity index (χ3n) is 2.72. The summed E-state index contributed by atoms with van der Waals surface area (Å²) in [5.41, 5.74) is 1.07. The van der Waals surface area contributed by atoms with Gasteiger partial charge in [-0.15, -0.1) is 0 Å². The van der Waals surface area contributed by atoms with Crippen molar-refractivity contribution in [3.8, 4) is 0 Å². The SMILES string of the molecule is Cc1ccc(N2CCNC[C@@H]2C(=O)O)nc1. The molecule has 1 aliphatic heterocycles. The van der Waals surface area contributed by atoms with Crippen LogP contribution in [-0.4, -0.2) is 41.7 Å². The van der Waals surface area contributed by atoms with Crippen LogP contribution >= 0.6 is 0 Å². The standard InChI is InChI=1S/C11H15N3O2/c1-8-2-3-10(13-6-8)14-5-4-12-7-9(14)11(15)16/h2-3,6,9,12H,4-5,7H2,1H3,(H,15,16)/t9-/m1/s1. The molecule has 1 aromatic heterocycles. The Bertz CT molecular complexity index is 377. The van der Waals surface area contributed by atoms with Crippen LogP contribution in [0.2, 0.25) is 0 Å². The van der Waals surface area contributed by atoms with Crippen molar-refractivity contribution in [2.45, 2.75) is 13.0 Å². The van der Waals surface area contributed by atoms with Gasteiger partial charge in [-0.1, -0.05) is 6.07 Å². The van der Waals surface area contributed by atoms with E-state index in [4.69, 9.17) is 5.11 Å². The quantitative estimate of drug-likeness (QED) is 0.749. The van der Waals surface area contributed by atoms with E-state index in [0.29, 0.717) is 13.1 Å². The Kier molecular flexibility index (Phi) is 3.05. The first-order valence-corrected chi connectivity index (χ1v) is 5.31. The maximum Gasteiger partial charge on any atom is 0.327 e. The molecule has 0 amide bonds. The lowest BCUT2D eigenvalue weighted by atomic mass is 10.2. The highest BCUT2D eigenvalue weighted by Crippen LogP contribution is 2.15. The molecular formula is C11H15N3O2. The molecule has 0 saturated carbocycles. The molecule has 0 unspecified atom stereocenters. The summed E-state index contributed by atoms with van der Waals surface area (Å²) in [6.45, 7) is 3.89. The number of aryl methyl sites for hydroxylation is 1. The van der Waals surface area contributed by atoms with Crippen LogP contribution in [0.1, 0.15) is 5.56 Å². The number of carboxylic acids is 1. The van der Waals surface area contributed by atoms with Crippen LogP contribution in [0.4, 0.5) is 5.82 Å². The predicted octanol–water partition coefficient (Wildman–Crippen LogP) is 0.253. The fourth-order valence-corrected chi connectivity index (χ4v) is 1.83. The highest BCUT2D eigenvalue weighted by molar-refractivity contribution is 5.78. The van der Waals surface area contributed by atoms with Crippen molar-refractivity contribution < 1.29 is 9.90 Å². The smallest absolute Gasteiger partial charge is 0.327 e. The number of pyridine rings is 1. The third kappa shape index (κ3) is 2.14. The summed E-state index contributed by atoms with van der Waals surface area (Å²) >= 11 is 0. The third-order valence-corrected chi connectivity index (χ3v) is 2.72. The average Bonchev–Trinajstić information content (AvgIpc) is 2.30. The zero-order valence-electron chi connectivity index (χ0n) is 9.18. The molecule has 16 heavy (non-hydrogen) atoms. The lowest BCUT2D eigenvalue weighted by molar-refractivity contribution is -0.138. The Balaban J connectivity index is 2.23. The van der Waals surface area contributed by atoms with E-state index in [9.17, 15) is 4.79 Å². The van der Waals surface area contributed by atoms with Gasteiger partial charge in [0.2, 0.25) is 0 Å². The van der Waals surface area contributed by atoms with E-state index in [1.165, 1.54) is 0 Å². The molecule has 5 nitrogen and oxygen atoms in total. The minimum Gasteiger partial charge on any atom is -0.480 e. The topological polar surface area (TPSA) is 65.5 Å². The Morgan fingerprint density at radius 1 is 1.62 bits per heavy atom. The molecule has 1 aromatic rings. The molecule has 1 aliphatic rings. The number of carboxylic acid groups (broad SMARTS) is 1. The number of nitrogens with zero attached hydrogens (tertiary/aromatic N) is 2. The van der Waals surface area contributed by atoms with E-state index >= 15 is 0 Å². The van der Waals surface area contributed by atoms with Gasteiger partial charge in [-0.25, -0.2) is 9.78 Å². The molecule has 2 rings (SSSR count). The van der Waals surface area contributed by atoms with E-state index < -0.39 is 12.0 Å². The maximum absolute atomic E-state index is 11.1. The Morgan fingerprint density at radius 2 is 2.44 bits per heavy atom. The van der Waals surface area contributed by atoms with Gasteiger partial charge in [0.1, 0.15) is 11.9 Å². The molecule has 0 aromatic carbocycles. The minimum atomic E-state index is -0.811. The van der Waals surface area contributed by atoms with E-state index in [1.807, 2.05) is 24.0 Å². The molecule has 86 valence electrons. The van der Waals surface area contributed by atoms with E-state index in [0.717, 1.165) is 17.9 Å². The number of piperazine rings is 1. The number of nitrogens with one attached hydrogen (secondary N) is 1. The lowest BCUT2D eigenvalue weighted by Crippen LogP contribution is -2.55. The summed E-state index contributed by atoms with van der Waals surface area (Å²) in [5.74, 6) is -0.0749. The second kappa shape index (κ2) is 4.49. The first-order chi connectivity index (χ1) is 7.68. The monoisotopic (exact) mass is 221 g/mol. The molecular weight excluding hydrogens is 206 g/mol. The molecule has 1 saturated heterocycles. The zero-order chi connectivity index (χ0) is 11.5. The molecule has 1 atom stereocenters. The number of aliphatic carboxylic acids is 1. The van der Waals surface area contributed by atoms with Crippen LogP contribution in [0.25, 0.3) is 0 Å². The summed E-state index contributed by atoms with van der Waals surface area (Å²) in [5, 5.41) is 12.2. The Morgan fingerprint density at radius 3 is 3.06 bits per heavy atom. The van der Waals surface area contributed by atoms with Crippen molar-refractivity contribution >= 4 is 11.8 Å². The van der Waals surface area contributed by atoms with Gasteiger partial charge < -0.3 is 15.3 Å². The van der Waals surface area contributed by atoms with Gasteiger partial charge in [0.15, 0.2) is 0 Å². The van der Waals surface area contributed by atoms with Crippen molar-refractivity contribution in [2.75, 3.05) is 24.5 Å². The van der Waals surface area contributed by atoms with Crippen molar-refractivity contribution in [1.82, 2.24) is 10.3 Å². The Hall–Kier alpha value is -1.62. The van der Waals surface area contributed by atoms with Crippen LogP contribution in [0.5, 0.6) is 0 Å². The number of rotatable bonds is 2. The molecule has 0 bridgehead atoms. The van der Waals surface area contributed by atoms with Gasteiger partial charge in [0.25, 0.3) is 0 Å². The van der Waals surface area contributed by atoms with Gasteiger partial charge in [0.05, 0.1) is 0 Å². The van der Waals surface area contributed by atoms with Gasteiger partial charge in [-0.3, -0.25) is 0 Å². The number of anilines is 1. The fraction of sp³-hybridized carbons (Fsp3) is 0.455. The van der Waals surface area contributed by atoms with Crippen LogP contribution in [0, 0.1) is 6.92 Å². The first-order valence-electron chi connectivity index (χ1n) is 5.31. The largest absolute Gasteiger partial charge is 0.480 e. The molecule has 0 spiro atoms. The number of aromatic nitrogens is 1. The predicted molar refractivity (Wildman–Crippen MR) is 60.6 cm³/mol. The van der Waals surface area contributed by atoms with Gasteiger partial charge in [0, 0.05) is 25.8 Å². The van der Waals surface area contributed by atoms with Crippen LogP contribution in [0.3, 0.4) is 0 Å². The van der Waals surface area contributed by atoms with Crippen LogP contribution in [0.15, 0.2) is 18.3 Å². The second-order valence-electron chi connectivity index (χ2n) is 3.95. The Labute approximate surface area is 94.1 Å². The molecule has 0 aliphatic carbocycles. The molecule has 1 fully saturated rings. The number of hydrogen-bond acceptors (Lipinski definition) is 4. The van der Waals surface area contributed by atoms with Crippen molar-refractivity contribution in [3.63, 3.8) is 0 Å². The van der Waals surface area contributed by atoms with Crippen LogP contribution < -0.4 is 10.2 Å². The number of hydrogen-bond donors (Lipinski definition) is 2. The van der Waals surface area contributed by atoms with Crippen molar-refractivity contribution in [2.24, 2.45) is 0 Å². The average molecular weight is 221 g/mol. The van der Waals surface area contributed by atoms with Gasteiger partial charge >= 0.3 is 5.97 Å². The first kappa shape index (κ1) is 10.9. The fourth-order valence-electron chi connectivity index (χ4n) is 1.83. The molecule has 0 radical (unpaired) electrons. The highest BCUT2D eigenvalue weighted by atomic mass is 16.4. The second-order valence-corrected chi connectivity index (χ2v) is 3.95. The number of carbonyl (C=O) groups is 1. The lowest BCUT2D eigenvalue weighted by Gasteiger charge is -2.34. The maximum atomic E-state index is 11.1. The van der Waals surface area contributed by atoms with Crippen molar-refractivity contribution in [3.05, 3.63) is 23.9 Å². The van der Waals surface area contributed by atoms with Gasteiger partial charge in [-0.05, 0) is 18.6 Å². The normalized spacial score (nSPS) is 20.8. The summed E-state index contributed by atoms with van der Waals surface area (Å²) in [7, 11) is 0. The van der Waals surface area contributed by atoms with E-state index in [-0.39, 0.29) is 0 Å². The van der Waals surface area contributed by atoms with Crippen molar-refractivity contribution in [1.29, 1.82) is 0 Å². The highest BCUT2D eigenvalue weighted by Gasteiger charge is 2.28. The zero-order valence-corrected chi connectivity index (χ0v) is 9.18. The summed E-state index contributed by atoms with van der Waals surface area (Å²) in [6, 6.07) is 3.30. The van der Waals surface area contributed by atoms with Gasteiger partial charge in [-0.2, -0.15) is 0 Å². The van der Waals surface area contributed by atoms with Crippen LogP contribution in [-0.2, 0) is 4.79 Å². The molecule has 5 heteroatoms. The summed E-state index contributed by atoms with van der Waals surface area (Å²) in [4.78, 5) is 17.2. The molecule has 2 N–H and O–H groups in total. The summed E-state index contributed by atoms with van der Waals surface area (Å²) < 4.78 is 0.